The molecule has 8 nitrogen and oxygen atoms in total. The molecule has 1 rings (SSSR count). The lowest BCUT2D eigenvalue weighted by Crippen LogP contribution is -2.44. The second-order valence-corrected chi connectivity index (χ2v) is 4.59. The Labute approximate surface area is 134 Å². The topological polar surface area (TPSA) is 117 Å². The summed E-state index contributed by atoms with van der Waals surface area (Å²) in [6, 6.07) is 5.93. The molecule has 0 bridgehead atoms. The molecule has 0 heterocycles. The summed E-state index contributed by atoms with van der Waals surface area (Å²) in [7, 11) is 0. The van der Waals surface area contributed by atoms with Gasteiger partial charge in [0.05, 0.1) is 12.2 Å². The van der Waals surface area contributed by atoms with E-state index in [1.807, 2.05) is 0 Å². The van der Waals surface area contributed by atoms with Crippen LogP contribution in [0.5, 0.6) is 0 Å². The van der Waals surface area contributed by atoms with Crippen LogP contribution in [0.2, 0.25) is 0 Å². The number of hydrogen-bond donors (Lipinski definition) is 4. The van der Waals surface area contributed by atoms with Gasteiger partial charge in [-0.1, -0.05) is 12.1 Å². The van der Waals surface area contributed by atoms with Crippen LogP contribution in [0.4, 0.5) is 10.5 Å². The molecule has 0 spiro atoms. The van der Waals surface area contributed by atoms with Crippen molar-refractivity contribution in [2.75, 3.05) is 25.0 Å². The van der Waals surface area contributed by atoms with Crippen molar-refractivity contribution >= 4 is 23.6 Å². The normalized spacial score (nSPS) is 11.3. The first kappa shape index (κ1) is 18.4. The van der Waals surface area contributed by atoms with Crippen LogP contribution >= 0.6 is 0 Å². The maximum absolute atomic E-state index is 12.1. The summed E-state index contributed by atoms with van der Waals surface area (Å²) in [4.78, 5) is 35.2. The lowest BCUT2D eigenvalue weighted by molar-refractivity contribution is -0.127. The van der Waals surface area contributed by atoms with Gasteiger partial charge in [0.15, 0.2) is 6.10 Å². The number of imide groups is 1. The second kappa shape index (κ2) is 9.42. The Hall–Kier alpha value is -2.61. The van der Waals surface area contributed by atoms with Gasteiger partial charge in [0, 0.05) is 18.8 Å². The van der Waals surface area contributed by atoms with Crippen LogP contribution in [0, 0.1) is 0 Å². The summed E-state index contributed by atoms with van der Waals surface area (Å²) < 4.78 is 5.06. The molecule has 126 valence electrons. The van der Waals surface area contributed by atoms with E-state index in [0.717, 1.165) is 0 Å². The van der Waals surface area contributed by atoms with E-state index in [4.69, 9.17) is 9.84 Å². The van der Waals surface area contributed by atoms with Gasteiger partial charge < -0.3 is 20.5 Å². The lowest BCUT2D eigenvalue weighted by Gasteiger charge is -2.15. The molecule has 0 aliphatic rings. The predicted molar refractivity (Wildman–Crippen MR) is 84.1 cm³/mol. The molecule has 1 atom stereocenters. The van der Waals surface area contributed by atoms with Crippen molar-refractivity contribution in [3.63, 3.8) is 0 Å². The van der Waals surface area contributed by atoms with Gasteiger partial charge in [-0.15, -0.1) is 0 Å². The highest BCUT2D eigenvalue weighted by Gasteiger charge is 2.22. The number of carbonyl (C=O) groups excluding carboxylic acids is 3. The zero-order chi connectivity index (χ0) is 17.2. The minimum atomic E-state index is -1.13. The van der Waals surface area contributed by atoms with Crippen LogP contribution in [0.15, 0.2) is 24.3 Å². The summed E-state index contributed by atoms with van der Waals surface area (Å²) in [6.45, 7) is 3.64. The summed E-state index contributed by atoms with van der Waals surface area (Å²) in [6.07, 6.45) is -1.13. The number of anilines is 1. The van der Waals surface area contributed by atoms with Gasteiger partial charge in [-0.2, -0.15) is 0 Å². The number of carbonyl (C=O) groups is 3. The molecule has 0 radical (unpaired) electrons. The van der Waals surface area contributed by atoms with Crippen molar-refractivity contribution in [2.45, 2.75) is 20.0 Å². The summed E-state index contributed by atoms with van der Waals surface area (Å²) in [5.41, 5.74) is 0.724. The molecule has 23 heavy (non-hydrogen) atoms. The third kappa shape index (κ3) is 5.95. The molecule has 4 N–H and O–H groups in total. The van der Waals surface area contributed by atoms with Crippen LogP contribution in [0.25, 0.3) is 0 Å². The molecule has 0 aliphatic carbocycles. The molecule has 1 aromatic carbocycles. The van der Waals surface area contributed by atoms with Gasteiger partial charge in [-0.25, -0.2) is 9.59 Å². The Morgan fingerprint density at radius 3 is 2.61 bits per heavy atom. The van der Waals surface area contributed by atoms with E-state index in [1.165, 1.54) is 13.0 Å². The van der Waals surface area contributed by atoms with Crippen molar-refractivity contribution in [1.29, 1.82) is 0 Å². The number of aliphatic hydroxyl groups excluding tert-OH is 1. The quantitative estimate of drug-likeness (QED) is 0.542. The van der Waals surface area contributed by atoms with E-state index in [1.54, 1.807) is 25.1 Å². The van der Waals surface area contributed by atoms with E-state index >= 15 is 0 Å². The van der Waals surface area contributed by atoms with E-state index < -0.39 is 24.0 Å². The molecule has 0 fully saturated rings. The molecule has 3 amide bonds. The molecule has 0 aromatic heterocycles. The Morgan fingerprint density at radius 2 is 1.96 bits per heavy atom. The fourth-order valence-electron chi connectivity index (χ4n) is 1.70. The highest BCUT2D eigenvalue weighted by atomic mass is 16.5. The standard InChI is InChI=1S/C15H21N3O5/c1-3-16-15(22)18-13(20)10(2)23-14(21)11-6-4-5-7-12(11)17-8-9-19/h4-7,10,17,19H,3,8-9H2,1-2H3,(H2,16,18,20,22). The Morgan fingerprint density at radius 1 is 1.26 bits per heavy atom. The number of rotatable bonds is 7. The first-order valence-electron chi connectivity index (χ1n) is 7.23. The van der Waals surface area contributed by atoms with Gasteiger partial charge in [-0.3, -0.25) is 10.1 Å². The van der Waals surface area contributed by atoms with Crippen LogP contribution in [-0.2, 0) is 9.53 Å². The number of benzene rings is 1. The Kier molecular flexibility index (Phi) is 7.55. The first-order chi connectivity index (χ1) is 11.0. The van der Waals surface area contributed by atoms with Crippen molar-refractivity contribution < 1.29 is 24.2 Å². The smallest absolute Gasteiger partial charge is 0.341 e. The third-order valence-corrected chi connectivity index (χ3v) is 2.80. The van der Waals surface area contributed by atoms with Crippen LogP contribution < -0.4 is 16.0 Å². The van der Waals surface area contributed by atoms with Gasteiger partial charge in [-0.05, 0) is 26.0 Å². The maximum Gasteiger partial charge on any atom is 0.341 e. The predicted octanol–water partition coefficient (Wildman–Crippen LogP) is 0.482. The van der Waals surface area contributed by atoms with E-state index in [9.17, 15) is 14.4 Å². The van der Waals surface area contributed by atoms with Gasteiger partial charge in [0.1, 0.15) is 0 Å². The minimum Gasteiger partial charge on any atom is -0.449 e. The molecule has 0 saturated carbocycles. The van der Waals surface area contributed by atoms with Crippen LogP contribution in [0.1, 0.15) is 24.2 Å². The van der Waals surface area contributed by atoms with E-state index in [2.05, 4.69) is 16.0 Å². The molecular formula is C15H21N3O5. The first-order valence-corrected chi connectivity index (χ1v) is 7.23. The molecule has 1 aromatic rings. The number of aliphatic hydroxyl groups is 1. The molecular weight excluding hydrogens is 302 g/mol. The van der Waals surface area contributed by atoms with Gasteiger partial charge in [0.25, 0.3) is 5.91 Å². The number of para-hydroxylation sites is 1. The lowest BCUT2D eigenvalue weighted by atomic mass is 10.2. The van der Waals surface area contributed by atoms with E-state index in [0.29, 0.717) is 12.2 Å². The highest BCUT2D eigenvalue weighted by molar-refractivity contribution is 6.00. The molecule has 0 aliphatic heterocycles. The number of esters is 1. The van der Waals surface area contributed by atoms with Crippen molar-refractivity contribution in [2.24, 2.45) is 0 Å². The van der Waals surface area contributed by atoms with E-state index in [-0.39, 0.29) is 18.7 Å². The largest absolute Gasteiger partial charge is 0.449 e. The third-order valence-electron chi connectivity index (χ3n) is 2.80. The fourth-order valence-corrected chi connectivity index (χ4v) is 1.70. The number of hydrogen-bond acceptors (Lipinski definition) is 6. The van der Waals surface area contributed by atoms with Crippen molar-refractivity contribution in [1.82, 2.24) is 10.6 Å². The summed E-state index contributed by atoms with van der Waals surface area (Å²) in [5, 5.41) is 16.2. The Bertz CT molecular complexity index is 562. The average molecular weight is 323 g/mol. The van der Waals surface area contributed by atoms with Gasteiger partial charge >= 0.3 is 12.0 Å². The molecule has 0 saturated heterocycles. The van der Waals surface area contributed by atoms with Crippen LogP contribution in [-0.4, -0.2) is 48.8 Å². The maximum atomic E-state index is 12.1. The van der Waals surface area contributed by atoms with Crippen LogP contribution in [0.3, 0.4) is 0 Å². The monoisotopic (exact) mass is 323 g/mol. The zero-order valence-electron chi connectivity index (χ0n) is 13.1. The summed E-state index contributed by atoms with van der Waals surface area (Å²) >= 11 is 0. The minimum absolute atomic E-state index is 0.0886. The molecule has 1 unspecified atom stereocenters. The van der Waals surface area contributed by atoms with Crippen molar-refractivity contribution in [3.8, 4) is 0 Å². The number of ether oxygens (including phenoxy) is 1. The van der Waals surface area contributed by atoms with Gasteiger partial charge in [0.2, 0.25) is 0 Å². The Balaban J connectivity index is 2.68. The highest BCUT2D eigenvalue weighted by Crippen LogP contribution is 2.16. The SMILES string of the molecule is CCNC(=O)NC(=O)C(C)OC(=O)c1ccccc1NCCO. The second-order valence-electron chi connectivity index (χ2n) is 4.59. The number of nitrogens with one attached hydrogen (secondary N) is 3. The fraction of sp³-hybridized carbons (Fsp3) is 0.400. The average Bonchev–Trinajstić information content (AvgIpc) is 2.53. The molecule has 8 heteroatoms. The summed E-state index contributed by atoms with van der Waals surface area (Å²) in [5.74, 6) is -1.42. The zero-order valence-corrected chi connectivity index (χ0v) is 13.1. The number of amides is 3. The van der Waals surface area contributed by atoms with Crippen molar-refractivity contribution in [3.05, 3.63) is 29.8 Å². The number of urea groups is 1.